The van der Waals surface area contributed by atoms with E-state index in [2.05, 4.69) is 59.9 Å². The summed E-state index contributed by atoms with van der Waals surface area (Å²) in [5.74, 6) is 0.108. The van der Waals surface area contributed by atoms with Crippen molar-refractivity contribution in [2.24, 2.45) is 0 Å². The number of hydrogen-bond acceptors (Lipinski definition) is 3. The summed E-state index contributed by atoms with van der Waals surface area (Å²) in [5, 5.41) is 15.8. The molecule has 0 bridgehead atoms. The van der Waals surface area contributed by atoms with Crippen LogP contribution in [-0.2, 0) is 6.42 Å². The minimum atomic E-state index is -0.883. The summed E-state index contributed by atoms with van der Waals surface area (Å²) >= 11 is 0. The molecule has 4 aromatic carbocycles. The van der Waals surface area contributed by atoms with E-state index in [9.17, 15) is 9.90 Å². The SMILES string of the molecule is Cc1ccc([C@H]2C[C@H](CNCCc3cccc4ccccc34)Oc3ccccc32)cc1C(=O)O. The highest BCUT2D eigenvalue weighted by Gasteiger charge is 2.29. The highest BCUT2D eigenvalue weighted by atomic mass is 16.5. The Hall–Kier alpha value is -3.63. The quantitative estimate of drug-likeness (QED) is 0.340. The molecule has 0 fully saturated rings. The second-order valence-corrected chi connectivity index (χ2v) is 9.04. The van der Waals surface area contributed by atoms with E-state index >= 15 is 0 Å². The number of fused-ring (bicyclic) bond motifs is 2. The van der Waals surface area contributed by atoms with Gasteiger partial charge in [-0.1, -0.05) is 72.8 Å². The van der Waals surface area contributed by atoms with Gasteiger partial charge < -0.3 is 15.2 Å². The minimum absolute atomic E-state index is 0.0157. The van der Waals surface area contributed by atoms with Crippen molar-refractivity contribution in [1.29, 1.82) is 0 Å². The Morgan fingerprint density at radius 3 is 2.68 bits per heavy atom. The third-order valence-corrected chi connectivity index (χ3v) is 6.80. The summed E-state index contributed by atoms with van der Waals surface area (Å²) in [6.45, 7) is 3.45. The number of nitrogens with one attached hydrogen (secondary N) is 1. The maximum atomic E-state index is 11.7. The Morgan fingerprint density at radius 2 is 1.79 bits per heavy atom. The number of hydrogen-bond donors (Lipinski definition) is 2. The van der Waals surface area contributed by atoms with E-state index in [1.165, 1.54) is 16.3 Å². The van der Waals surface area contributed by atoms with Gasteiger partial charge in [-0.3, -0.25) is 0 Å². The molecule has 2 atom stereocenters. The van der Waals surface area contributed by atoms with Gasteiger partial charge in [-0.25, -0.2) is 4.79 Å². The van der Waals surface area contributed by atoms with Crippen LogP contribution in [0, 0.1) is 6.92 Å². The van der Waals surface area contributed by atoms with Crippen LogP contribution in [0.5, 0.6) is 5.75 Å². The molecule has 4 nitrogen and oxygen atoms in total. The van der Waals surface area contributed by atoms with Gasteiger partial charge in [0.25, 0.3) is 0 Å². The van der Waals surface area contributed by atoms with Gasteiger partial charge in [-0.15, -0.1) is 0 Å². The first kappa shape index (κ1) is 22.2. The third-order valence-electron chi connectivity index (χ3n) is 6.80. The van der Waals surface area contributed by atoms with Crippen molar-refractivity contribution in [2.75, 3.05) is 13.1 Å². The van der Waals surface area contributed by atoms with E-state index < -0.39 is 5.97 Å². The van der Waals surface area contributed by atoms with Crippen molar-refractivity contribution >= 4 is 16.7 Å². The van der Waals surface area contributed by atoms with E-state index in [4.69, 9.17) is 4.74 Å². The summed E-state index contributed by atoms with van der Waals surface area (Å²) in [4.78, 5) is 11.7. The van der Waals surface area contributed by atoms with Crippen molar-refractivity contribution in [3.05, 3.63) is 113 Å². The maximum absolute atomic E-state index is 11.7. The molecule has 0 saturated heterocycles. The van der Waals surface area contributed by atoms with Crippen LogP contribution in [0.3, 0.4) is 0 Å². The Morgan fingerprint density at radius 1 is 1.00 bits per heavy atom. The second kappa shape index (κ2) is 9.70. The molecule has 0 amide bonds. The molecule has 34 heavy (non-hydrogen) atoms. The van der Waals surface area contributed by atoms with Gasteiger partial charge in [-0.2, -0.15) is 0 Å². The zero-order chi connectivity index (χ0) is 23.5. The summed E-state index contributed by atoms with van der Waals surface area (Å²) in [5.41, 5.74) is 4.64. The Labute approximate surface area is 200 Å². The molecule has 1 aliphatic heterocycles. The molecule has 0 unspecified atom stereocenters. The van der Waals surface area contributed by atoms with E-state index in [0.717, 1.165) is 48.4 Å². The van der Waals surface area contributed by atoms with Crippen molar-refractivity contribution in [3.63, 3.8) is 0 Å². The normalized spacial score (nSPS) is 17.2. The lowest BCUT2D eigenvalue weighted by atomic mass is 9.83. The Kier molecular flexibility index (Phi) is 6.33. The number of carboxylic acids is 1. The predicted molar refractivity (Wildman–Crippen MR) is 136 cm³/mol. The van der Waals surface area contributed by atoms with E-state index in [1.54, 1.807) is 0 Å². The zero-order valence-electron chi connectivity index (χ0n) is 19.3. The Balaban J connectivity index is 1.29. The molecule has 0 aliphatic carbocycles. The number of carboxylic acid groups (broad SMARTS) is 1. The first-order chi connectivity index (χ1) is 16.6. The van der Waals surface area contributed by atoms with Gasteiger partial charge in [0.05, 0.1) is 5.56 Å². The number of benzene rings is 4. The van der Waals surface area contributed by atoms with E-state index in [1.807, 2.05) is 37.3 Å². The topological polar surface area (TPSA) is 58.6 Å². The average Bonchev–Trinajstić information content (AvgIpc) is 2.86. The molecule has 2 N–H and O–H groups in total. The predicted octanol–water partition coefficient (Wildman–Crippen LogP) is 5.96. The number of aryl methyl sites for hydroxylation is 1. The van der Waals surface area contributed by atoms with Gasteiger partial charge in [0, 0.05) is 18.0 Å². The zero-order valence-corrected chi connectivity index (χ0v) is 19.3. The van der Waals surface area contributed by atoms with Crippen molar-refractivity contribution < 1.29 is 14.6 Å². The third kappa shape index (κ3) is 4.55. The maximum Gasteiger partial charge on any atom is 0.335 e. The number of para-hydroxylation sites is 1. The minimum Gasteiger partial charge on any atom is -0.489 e. The van der Waals surface area contributed by atoms with Gasteiger partial charge in [0.15, 0.2) is 0 Å². The van der Waals surface area contributed by atoms with Crippen LogP contribution in [0.4, 0.5) is 0 Å². The van der Waals surface area contributed by atoms with Gasteiger partial charge in [0.1, 0.15) is 11.9 Å². The highest BCUT2D eigenvalue weighted by molar-refractivity contribution is 5.89. The fraction of sp³-hybridized carbons (Fsp3) is 0.233. The number of aromatic carboxylic acids is 1. The smallest absolute Gasteiger partial charge is 0.335 e. The van der Waals surface area contributed by atoms with Crippen LogP contribution in [0.2, 0.25) is 0 Å². The molecule has 5 rings (SSSR count). The number of carbonyl (C=O) groups is 1. The highest BCUT2D eigenvalue weighted by Crippen LogP contribution is 2.40. The molecular formula is C30H29NO3. The standard InChI is InChI=1S/C30H29NO3/c1-20-13-14-23(17-27(20)30(32)33)28-18-24(34-29-12-5-4-11-26(28)29)19-31-16-15-22-9-6-8-21-7-2-3-10-25(21)22/h2-14,17,24,28,31H,15-16,18-19H2,1H3,(H,32,33)/t24-,28-/m1/s1. The molecule has 4 heteroatoms. The van der Waals surface area contributed by atoms with Crippen LogP contribution in [-0.4, -0.2) is 30.3 Å². The number of ether oxygens (including phenoxy) is 1. The first-order valence-corrected chi connectivity index (χ1v) is 11.9. The molecule has 1 heterocycles. The lowest BCUT2D eigenvalue weighted by Crippen LogP contribution is -2.36. The van der Waals surface area contributed by atoms with Crippen molar-refractivity contribution in [3.8, 4) is 5.75 Å². The summed E-state index contributed by atoms with van der Waals surface area (Å²) in [7, 11) is 0. The largest absolute Gasteiger partial charge is 0.489 e. The van der Waals surface area contributed by atoms with Crippen LogP contribution in [0.15, 0.2) is 84.9 Å². The average molecular weight is 452 g/mol. The summed E-state index contributed by atoms with van der Waals surface area (Å²) in [6.07, 6.45) is 1.77. The fourth-order valence-electron chi connectivity index (χ4n) is 5.02. The first-order valence-electron chi connectivity index (χ1n) is 11.9. The summed E-state index contributed by atoms with van der Waals surface area (Å²) in [6, 6.07) is 28.9. The molecular weight excluding hydrogens is 422 g/mol. The molecule has 0 aromatic heterocycles. The summed E-state index contributed by atoms with van der Waals surface area (Å²) < 4.78 is 6.33. The van der Waals surface area contributed by atoms with Gasteiger partial charge in [-0.05, 0) is 65.9 Å². The second-order valence-electron chi connectivity index (χ2n) is 9.04. The van der Waals surface area contributed by atoms with Crippen LogP contribution >= 0.6 is 0 Å². The van der Waals surface area contributed by atoms with Crippen LogP contribution in [0.25, 0.3) is 10.8 Å². The number of rotatable bonds is 7. The molecule has 0 saturated carbocycles. The van der Waals surface area contributed by atoms with Crippen molar-refractivity contribution in [2.45, 2.75) is 31.8 Å². The van der Waals surface area contributed by atoms with Gasteiger partial charge >= 0.3 is 5.97 Å². The molecule has 1 aliphatic rings. The Bertz CT molecular complexity index is 1320. The van der Waals surface area contributed by atoms with E-state index in [-0.39, 0.29) is 12.0 Å². The monoisotopic (exact) mass is 451 g/mol. The van der Waals surface area contributed by atoms with E-state index in [0.29, 0.717) is 5.56 Å². The van der Waals surface area contributed by atoms with Crippen molar-refractivity contribution in [1.82, 2.24) is 5.32 Å². The lowest BCUT2D eigenvalue weighted by molar-refractivity contribution is 0.0696. The lowest BCUT2D eigenvalue weighted by Gasteiger charge is -2.33. The molecule has 0 spiro atoms. The fourth-order valence-corrected chi connectivity index (χ4v) is 5.02. The van der Waals surface area contributed by atoms with Crippen LogP contribution < -0.4 is 10.1 Å². The molecule has 0 radical (unpaired) electrons. The van der Waals surface area contributed by atoms with Crippen LogP contribution in [0.1, 0.15) is 45.0 Å². The van der Waals surface area contributed by atoms with Gasteiger partial charge in [0.2, 0.25) is 0 Å². The molecule has 4 aromatic rings. The molecule has 172 valence electrons.